The molecule has 13 heavy (non-hydrogen) atoms. The molecule has 0 aliphatic rings. The van der Waals surface area contributed by atoms with E-state index in [1.54, 1.807) is 0 Å². The molecule has 0 bridgehead atoms. The summed E-state index contributed by atoms with van der Waals surface area (Å²) in [5.74, 6) is 1.02. The van der Waals surface area contributed by atoms with Crippen LogP contribution in [0.1, 0.15) is 52.4 Å². The van der Waals surface area contributed by atoms with Crippen LogP contribution >= 0.6 is 0 Å². The zero-order valence-corrected chi connectivity index (χ0v) is 8.84. The molecule has 0 aromatic heterocycles. The second-order valence-corrected chi connectivity index (χ2v) is 3.99. The van der Waals surface area contributed by atoms with Crippen molar-refractivity contribution >= 4 is 5.78 Å². The molecular weight excluding hydrogens is 164 g/mol. The number of Topliss-reactive ketones (excluding diaryl/α,β-unsaturated/α-hetero) is 1. The molecule has 0 fully saturated rings. The molecule has 0 aliphatic carbocycles. The molecule has 0 aromatic carbocycles. The van der Waals surface area contributed by atoms with Gasteiger partial charge < -0.3 is 0 Å². The van der Waals surface area contributed by atoms with Crippen molar-refractivity contribution in [2.45, 2.75) is 52.4 Å². The molecule has 0 unspecified atom stereocenters. The van der Waals surface area contributed by atoms with E-state index in [9.17, 15) is 9.90 Å². The molecule has 77 valence electrons. The minimum Gasteiger partial charge on any atom is -0.300 e. The molecule has 0 aromatic rings. The molecule has 0 aliphatic heterocycles. The van der Waals surface area contributed by atoms with Gasteiger partial charge in [-0.15, -0.1) is 0 Å². The molecule has 0 heterocycles. The van der Waals surface area contributed by atoms with Crippen LogP contribution in [-0.2, 0) is 9.90 Å². The Bertz CT molecular complexity index is 130. The fourth-order valence-electron chi connectivity index (χ4n) is 1.26. The fraction of sp³-hybridized carbons (Fsp3) is 0.909. The molecule has 0 saturated carbocycles. The number of hydrogen-bond acceptors (Lipinski definition) is 1. The van der Waals surface area contributed by atoms with Crippen molar-refractivity contribution in [3.8, 4) is 0 Å². The Morgan fingerprint density at radius 2 is 1.69 bits per heavy atom. The summed E-state index contributed by atoms with van der Waals surface area (Å²) in [6.07, 6.45) is 4.89. The summed E-state index contributed by atoms with van der Waals surface area (Å²) in [5.41, 5.74) is 0. The Morgan fingerprint density at radius 3 is 2.23 bits per heavy atom. The first-order chi connectivity index (χ1) is 6.16. The second kappa shape index (κ2) is 8.24. The fourth-order valence-corrected chi connectivity index (χ4v) is 1.26. The molecule has 0 amide bonds. The number of rotatable bonds is 8. The average molecular weight is 185 g/mol. The maximum absolute atomic E-state index is 11.2. The zero-order valence-electron chi connectivity index (χ0n) is 8.84. The smallest absolute Gasteiger partial charge is 0.132 e. The predicted octanol–water partition coefficient (Wildman–Crippen LogP) is 2.98. The van der Waals surface area contributed by atoms with Gasteiger partial charge in [0.05, 0.1) is 6.61 Å². The number of hydrogen-bond donors (Lipinski definition) is 0. The summed E-state index contributed by atoms with van der Waals surface area (Å²) in [5, 5.41) is 10.1. The van der Waals surface area contributed by atoms with E-state index in [2.05, 4.69) is 13.8 Å². The number of unbranched alkanes of at least 4 members (excludes halogenated alkanes) is 1. The van der Waals surface area contributed by atoms with Crippen LogP contribution < -0.4 is 0 Å². The van der Waals surface area contributed by atoms with Gasteiger partial charge in [0.1, 0.15) is 5.78 Å². The third-order valence-electron chi connectivity index (χ3n) is 2.09. The first-order valence-corrected chi connectivity index (χ1v) is 5.26. The van der Waals surface area contributed by atoms with Gasteiger partial charge in [-0.25, -0.2) is 5.11 Å². The van der Waals surface area contributed by atoms with Crippen LogP contribution in [0.3, 0.4) is 0 Å². The normalized spacial score (nSPS) is 10.8. The van der Waals surface area contributed by atoms with Crippen LogP contribution in [0.2, 0.25) is 0 Å². The van der Waals surface area contributed by atoms with Gasteiger partial charge in [-0.1, -0.05) is 20.3 Å². The number of carbonyl (C=O) groups is 1. The molecule has 0 atom stereocenters. The van der Waals surface area contributed by atoms with Gasteiger partial charge in [-0.2, -0.15) is 0 Å². The van der Waals surface area contributed by atoms with Crippen molar-refractivity contribution in [1.82, 2.24) is 0 Å². The van der Waals surface area contributed by atoms with Crippen LogP contribution in [0, 0.1) is 5.92 Å². The lowest BCUT2D eigenvalue weighted by atomic mass is 10.0. The molecule has 0 spiro atoms. The summed E-state index contributed by atoms with van der Waals surface area (Å²) in [6, 6.07) is 0. The highest BCUT2D eigenvalue weighted by atomic mass is 16.2. The van der Waals surface area contributed by atoms with Gasteiger partial charge in [-0.05, 0) is 25.2 Å². The molecule has 0 saturated heterocycles. The van der Waals surface area contributed by atoms with Gasteiger partial charge in [0.2, 0.25) is 0 Å². The molecule has 2 heteroatoms. The SMILES string of the molecule is CC(C)CCCC(=O)CCCC[O]. The van der Waals surface area contributed by atoms with Gasteiger partial charge >= 0.3 is 0 Å². The quantitative estimate of drug-likeness (QED) is 0.535. The van der Waals surface area contributed by atoms with E-state index < -0.39 is 0 Å². The van der Waals surface area contributed by atoms with Gasteiger partial charge in [0.15, 0.2) is 0 Å². The zero-order chi connectivity index (χ0) is 10.1. The van der Waals surface area contributed by atoms with E-state index in [4.69, 9.17) is 0 Å². The van der Waals surface area contributed by atoms with Crippen molar-refractivity contribution in [2.24, 2.45) is 5.92 Å². The Labute approximate surface area is 81.3 Å². The lowest BCUT2D eigenvalue weighted by Gasteiger charge is -2.03. The third kappa shape index (κ3) is 9.54. The molecule has 1 radical (unpaired) electrons. The maximum atomic E-state index is 11.2. The van der Waals surface area contributed by atoms with Crippen LogP contribution in [0.25, 0.3) is 0 Å². The van der Waals surface area contributed by atoms with Crippen molar-refractivity contribution in [2.75, 3.05) is 6.61 Å². The first kappa shape index (κ1) is 12.6. The molecular formula is C11H21O2. The van der Waals surface area contributed by atoms with Crippen molar-refractivity contribution in [1.29, 1.82) is 0 Å². The highest BCUT2D eigenvalue weighted by Crippen LogP contribution is 2.08. The van der Waals surface area contributed by atoms with E-state index in [0.717, 1.165) is 19.3 Å². The van der Waals surface area contributed by atoms with Crippen LogP contribution in [0.15, 0.2) is 0 Å². The first-order valence-electron chi connectivity index (χ1n) is 5.26. The van der Waals surface area contributed by atoms with E-state index in [1.807, 2.05) is 0 Å². The van der Waals surface area contributed by atoms with Gasteiger partial charge in [0, 0.05) is 12.8 Å². The Kier molecular flexibility index (Phi) is 8.00. The topological polar surface area (TPSA) is 37.0 Å². The number of ketones is 1. The highest BCUT2D eigenvalue weighted by molar-refractivity contribution is 5.78. The van der Waals surface area contributed by atoms with Crippen LogP contribution in [0.5, 0.6) is 0 Å². The largest absolute Gasteiger partial charge is 0.300 e. The van der Waals surface area contributed by atoms with Crippen LogP contribution in [0.4, 0.5) is 0 Å². The summed E-state index contributed by atoms with van der Waals surface area (Å²) >= 11 is 0. The molecule has 0 rings (SSSR count). The second-order valence-electron chi connectivity index (χ2n) is 3.99. The summed E-state index contributed by atoms with van der Waals surface area (Å²) < 4.78 is 0. The summed E-state index contributed by atoms with van der Waals surface area (Å²) in [6.45, 7) is 4.29. The Hall–Kier alpha value is -0.370. The van der Waals surface area contributed by atoms with Gasteiger partial charge in [0.25, 0.3) is 0 Å². The highest BCUT2D eigenvalue weighted by Gasteiger charge is 2.02. The Balaban J connectivity index is 3.20. The predicted molar refractivity (Wildman–Crippen MR) is 53.1 cm³/mol. The average Bonchev–Trinajstić information content (AvgIpc) is 2.04. The lowest BCUT2D eigenvalue weighted by molar-refractivity contribution is -0.119. The molecule has 2 nitrogen and oxygen atoms in total. The minimum absolute atomic E-state index is 0.0424. The van der Waals surface area contributed by atoms with E-state index in [0.29, 0.717) is 31.0 Å². The monoisotopic (exact) mass is 185 g/mol. The van der Waals surface area contributed by atoms with Crippen molar-refractivity contribution in [3.63, 3.8) is 0 Å². The summed E-state index contributed by atoms with van der Waals surface area (Å²) in [7, 11) is 0. The summed E-state index contributed by atoms with van der Waals surface area (Å²) in [4.78, 5) is 11.2. The standard InChI is InChI=1S/C11H21O2/c1-10(2)6-5-8-11(13)7-3-4-9-12/h10H,3-9H2,1-2H3. The van der Waals surface area contributed by atoms with Crippen molar-refractivity contribution < 1.29 is 9.90 Å². The number of carbonyl (C=O) groups excluding carboxylic acids is 1. The van der Waals surface area contributed by atoms with Crippen LogP contribution in [-0.4, -0.2) is 12.4 Å². The lowest BCUT2D eigenvalue weighted by Crippen LogP contribution is -1.99. The van der Waals surface area contributed by atoms with E-state index >= 15 is 0 Å². The van der Waals surface area contributed by atoms with Gasteiger partial charge in [-0.3, -0.25) is 4.79 Å². The van der Waals surface area contributed by atoms with E-state index in [1.165, 1.54) is 0 Å². The third-order valence-corrected chi connectivity index (χ3v) is 2.09. The minimum atomic E-state index is -0.0424. The Morgan fingerprint density at radius 1 is 1.08 bits per heavy atom. The van der Waals surface area contributed by atoms with E-state index in [-0.39, 0.29) is 6.61 Å². The molecule has 0 N–H and O–H groups in total. The maximum Gasteiger partial charge on any atom is 0.132 e. The van der Waals surface area contributed by atoms with Crippen molar-refractivity contribution in [3.05, 3.63) is 0 Å².